The van der Waals surface area contributed by atoms with E-state index in [1.165, 1.54) is 15.6 Å². The topological polar surface area (TPSA) is 66.9 Å². The van der Waals surface area contributed by atoms with Crippen LogP contribution >= 0.6 is 27.3 Å². The Kier molecular flexibility index (Phi) is 6.33. The first-order valence-electron chi connectivity index (χ1n) is 8.18. The quantitative estimate of drug-likeness (QED) is 0.667. The molecule has 0 spiro atoms. The van der Waals surface area contributed by atoms with Crippen LogP contribution < -0.4 is 4.74 Å². The Bertz CT molecular complexity index is 847. The van der Waals surface area contributed by atoms with Crippen LogP contribution in [0.5, 0.6) is 5.75 Å². The summed E-state index contributed by atoms with van der Waals surface area (Å²) in [5.74, 6) is 0.718. The lowest BCUT2D eigenvalue weighted by atomic mass is 10.3. The van der Waals surface area contributed by atoms with E-state index >= 15 is 0 Å². The van der Waals surface area contributed by atoms with Gasteiger partial charge in [0.2, 0.25) is 5.91 Å². The summed E-state index contributed by atoms with van der Waals surface area (Å²) in [5, 5.41) is 0. The van der Waals surface area contributed by atoms with Crippen LogP contribution in [-0.4, -0.2) is 56.3 Å². The number of piperazine rings is 1. The van der Waals surface area contributed by atoms with E-state index in [0.717, 1.165) is 9.54 Å². The predicted molar refractivity (Wildman–Crippen MR) is 104 cm³/mol. The zero-order valence-corrected chi connectivity index (χ0v) is 17.2. The summed E-state index contributed by atoms with van der Waals surface area (Å²) in [6, 6.07) is 12.7. The molecule has 1 amide bonds. The molecule has 3 rings (SSSR count). The second kappa shape index (κ2) is 8.51. The van der Waals surface area contributed by atoms with Gasteiger partial charge in [0, 0.05) is 26.2 Å². The molecule has 0 bridgehead atoms. The Balaban J connectivity index is 1.48. The van der Waals surface area contributed by atoms with E-state index in [4.69, 9.17) is 4.74 Å². The number of ether oxygens (including phenoxy) is 1. The number of carbonyl (C=O) groups excluding carboxylic acids is 1. The van der Waals surface area contributed by atoms with Gasteiger partial charge in [0.1, 0.15) is 9.96 Å². The third kappa shape index (κ3) is 4.64. The number of hydrogen-bond acceptors (Lipinski definition) is 5. The number of carbonyl (C=O) groups is 1. The van der Waals surface area contributed by atoms with Gasteiger partial charge in [-0.15, -0.1) is 11.3 Å². The third-order valence-corrected chi connectivity index (χ3v) is 8.05. The molecule has 2 aromatic rings. The van der Waals surface area contributed by atoms with Crippen LogP contribution in [0, 0.1) is 0 Å². The predicted octanol–water partition coefficient (Wildman–Crippen LogP) is 2.81. The molecule has 1 aliphatic rings. The lowest BCUT2D eigenvalue weighted by molar-refractivity contribution is -0.132. The largest absolute Gasteiger partial charge is 0.493 e. The highest BCUT2D eigenvalue weighted by atomic mass is 79.9. The molecular formula is C17H19BrN2O4S2. The van der Waals surface area contributed by atoms with E-state index in [2.05, 4.69) is 15.9 Å². The summed E-state index contributed by atoms with van der Waals surface area (Å²) in [4.78, 5) is 14.0. The highest BCUT2D eigenvalue weighted by Crippen LogP contribution is 2.29. The van der Waals surface area contributed by atoms with Crippen molar-refractivity contribution in [3.63, 3.8) is 0 Å². The highest BCUT2D eigenvalue weighted by molar-refractivity contribution is 9.11. The molecule has 1 fully saturated rings. The van der Waals surface area contributed by atoms with Crippen LogP contribution in [0.2, 0.25) is 0 Å². The van der Waals surface area contributed by atoms with Crippen LogP contribution in [0.3, 0.4) is 0 Å². The second-order valence-electron chi connectivity index (χ2n) is 5.75. The molecule has 6 nitrogen and oxygen atoms in total. The van der Waals surface area contributed by atoms with Gasteiger partial charge in [-0.25, -0.2) is 8.42 Å². The molecular weight excluding hydrogens is 440 g/mol. The van der Waals surface area contributed by atoms with Crippen LogP contribution in [0.4, 0.5) is 0 Å². The number of thiophene rings is 1. The highest BCUT2D eigenvalue weighted by Gasteiger charge is 2.30. The molecule has 1 saturated heterocycles. The van der Waals surface area contributed by atoms with Crippen molar-refractivity contribution >= 4 is 43.2 Å². The lowest BCUT2D eigenvalue weighted by Gasteiger charge is -2.33. The summed E-state index contributed by atoms with van der Waals surface area (Å²) < 4.78 is 33.3. The van der Waals surface area contributed by atoms with Crippen LogP contribution in [0.15, 0.2) is 50.5 Å². The molecule has 140 valence electrons. The third-order valence-electron chi connectivity index (χ3n) is 4.06. The molecule has 2 heterocycles. The van der Waals surface area contributed by atoms with Gasteiger partial charge in [-0.2, -0.15) is 4.31 Å². The first-order valence-corrected chi connectivity index (χ1v) is 11.2. The number of rotatable bonds is 6. The minimum absolute atomic E-state index is 0.0168. The standard InChI is InChI=1S/C17H19BrN2O4S2/c18-15-6-7-17(25-15)26(22,23)20-11-9-19(10-12-20)16(21)8-13-24-14-4-2-1-3-5-14/h1-7H,8-13H2. The van der Waals surface area contributed by atoms with E-state index in [1.54, 1.807) is 17.0 Å². The number of halogens is 1. The van der Waals surface area contributed by atoms with Crippen LogP contribution in [0.1, 0.15) is 6.42 Å². The Morgan fingerprint density at radius 3 is 2.38 bits per heavy atom. The minimum atomic E-state index is -3.48. The molecule has 0 N–H and O–H groups in total. The molecule has 1 aromatic heterocycles. The smallest absolute Gasteiger partial charge is 0.252 e. The molecule has 1 aliphatic heterocycles. The van der Waals surface area contributed by atoms with Gasteiger partial charge in [-0.05, 0) is 40.2 Å². The maximum absolute atomic E-state index is 12.6. The summed E-state index contributed by atoms with van der Waals surface area (Å²) in [6.07, 6.45) is 0.277. The van der Waals surface area contributed by atoms with Gasteiger partial charge in [0.15, 0.2) is 0 Å². The number of para-hydroxylation sites is 1. The first-order chi connectivity index (χ1) is 12.5. The average molecular weight is 459 g/mol. The molecule has 0 saturated carbocycles. The number of hydrogen-bond donors (Lipinski definition) is 0. The van der Waals surface area contributed by atoms with Crippen molar-refractivity contribution in [1.82, 2.24) is 9.21 Å². The summed E-state index contributed by atoms with van der Waals surface area (Å²) in [5.41, 5.74) is 0. The van der Waals surface area contributed by atoms with Gasteiger partial charge in [-0.3, -0.25) is 4.79 Å². The van der Waals surface area contributed by atoms with Crippen LogP contribution in [-0.2, 0) is 14.8 Å². The monoisotopic (exact) mass is 458 g/mol. The van der Waals surface area contributed by atoms with Crippen molar-refractivity contribution in [2.45, 2.75) is 10.6 Å². The van der Waals surface area contributed by atoms with Gasteiger partial charge in [-0.1, -0.05) is 18.2 Å². The first kappa shape index (κ1) is 19.3. The van der Waals surface area contributed by atoms with E-state index in [-0.39, 0.29) is 12.3 Å². The van der Waals surface area contributed by atoms with Gasteiger partial charge >= 0.3 is 0 Å². The Hall–Kier alpha value is -1.42. The number of benzene rings is 1. The molecule has 1 aromatic carbocycles. The zero-order valence-electron chi connectivity index (χ0n) is 14.0. The zero-order chi connectivity index (χ0) is 18.6. The van der Waals surface area contributed by atoms with Crippen molar-refractivity contribution in [2.75, 3.05) is 32.8 Å². The van der Waals surface area contributed by atoms with Gasteiger partial charge < -0.3 is 9.64 Å². The van der Waals surface area contributed by atoms with Gasteiger partial charge in [0.05, 0.1) is 16.8 Å². The van der Waals surface area contributed by atoms with Crippen molar-refractivity contribution in [1.29, 1.82) is 0 Å². The summed E-state index contributed by atoms with van der Waals surface area (Å²) >= 11 is 4.48. The van der Waals surface area contributed by atoms with Crippen molar-refractivity contribution in [2.24, 2.45) is 0 Å². The fraction of sp³-hybridized carbons (Fsp3) is 0.353. The van der Waals surface area contributed by atoms with Crippen molar-refractivity contribution in [3.05, 3.63) is 46.3 Å². The maximum atomic E-state index is 12.6. The van der Waals surface area contributed by atoms with E-state index < -0.39 is 10.0 Å². The molecule has 0 atom stereocenters. The molecule has 0 aliphatic carbocycles. The maximum Gasteiger partial charge on any atom is 0.252 e. The fourth-order valence-corrected chi connectivity index (χ4v) is 6.26. The van der Waals surface area contributed by atoms with Gasteiger partial charge in [0.25, 0.3) is 10.0 Å². The molecule has 26 heavy (non-hydrogen) atoms. The Labute approximate surface area is 165 Å². The Morgan fingerprint density at radius 1 is 1.08 bits per heavy atom. The molecule has 0 unspecified atom stereocenters. The minimum Gasteiger partial charge on any atom is -0.493 e. The average Bonchev–Trinajstić information content (AvgIpc) is 3.10. The normalized spacial score (nSPS) is 15.8. The number of amides is 1. The number of nitrogens with zero attached hydrogens (tertiary/aromatic N) is 2. The van der Waals surface area contributed by atoms with Crippen LogP contribution in [0.25, 0.3) is 0 Å². The SMILES string of the molecule is O=C(CCOc1ccccc1)N1CCN(S(=O)(=O)c2ccc(Br)s2)CC1. The lowest BCUT2D eigenvalue weighted by Crippen LogP contribution is -2.50. The van der Waals surface area contributed by atoms with E-state index in [9.17, 15) is 13.2 Å². The van der Waals surface area contributed by atoms with Crippen molar-refractivity contribution in [3.8, 4) is 5.75 Å². The van der Waals surface area contributed by atoms with Crippen molar-refractivity contribution < 1.29 is 17.9 Å². The fourth-order valence-electron chi connectivity index (χ4n) is 2.67. The van der Waals surface area contributed by atoms with E-state index in [1.807, 2.05) is 30.3 Å². The molecule has 9 heteroatoms. The number of sulfonamides is 1. The Morgan fingerprint density at radius 2 is 1.77 bits per heavy atom. The second-order valence-corrected chi connectivity index (χ2v) is 10.4. The van der Waals surface area contributed by atoms with E-state index in [0.29, 0.717) is 37.0 Å². The molecule has 0 radical (unpaired) electrons. The summed E-state index contributed by atoms with van der Waals surface area (Å²) in [6.45, 7) is 1.72. The summed E-state index contributed by atoms with van der Waals surface area (Å²) in [7, 11) is -3.48.